The molecule has 2 nitrogen and oxygen atoms in total. The van der Waals surface area contributed by atoms with Crippen molar-refractivity contribution in [3.8, 4) is 0 Å². The fourth-order valence-electron chi connectivity index (χ4n) is 4.12. The lowest BCUT2D eigenvalue weighted by molar-refractivity contribution is 0.589. The first-order chi connectivity index (χ1) is 13.8. The van der Waals surface area contributed by atoms with Gasteiger partial charge >= 0.3 is 0 Å². The molecule has 2 aromatic carbocycles. The number of hydrogen-bond acceptors (Lipinski definition) is 2. The maximum absolute atomic E-state index is 3.78. The van der Waals surface area contributed by atoms with Crippen LogP contribution in [-0.2, 0) is 10.8 Å². The first-order valence-corrected chi connectivity index (χ1v) is 11.6. The molecular formula is C28H44N2. The zero-order chi connectivity index (χ0) is 22.7. The van der Waals surface area contributed by atoms with Crippen LogP contribution >= 0.6 is 0 Å². The fourth-order valence-corrected chi connectivity index (χ4v) is 4.12. The summed E-state index contributed by atoms with van der Waals surface area (Å²) in [5, 5.41) is 7.57. The van der Waals surface area contributed by atoms with Crippen LogP contribution in [0.1, 0.15) is 103 Å². The van der Waals surface area contributed by atoms with Crippen molar-refractivity contribution in [2.45, 2.75) is 91.9 Å². The number of hydrogen-bond donors (Lipinski definition) is 2. The lowest BCUT2D eigenvalue weighted by Crippen LogP contribution is -2.22. The van der Waals surface area contributed by atoms with Gasteiger partial charge in [0.1, 0.15) is 0 Å². The number of para-hydroxylation sites is 2. The number of benzene rings is 2. The minimum absolute atomic E-state index is 0.115. The molecule has 0 radical (unpaired) electrons. The van der Waals surface area contributed by atoms with Crippen LogP contribution in [0.25, 0.3) is 0 Å². The molecule has 0 bridgehead atoms. The molecule has 0 aliphatic rings. The van der Waals surface area contributed by atoms with Crippen molar-refractivity contribution in [2.24, 2.45) is 0 Å². The molecule has 0 atom stereocenters. The normalized spacial score (nSPS) is 12.5. The molecule has 0 aromatic heterocycles. The zero-order valence-corrected chi connectivity index (χ0v) is 21.0. The van der Waals surface area contributed by atoms with Gasteiger partial charge in [0.15, 0.2) is 0 Å². The molecule has 0 spiro atoms. The molecular weight excluding hydrogens is 364 g/mol. The van der Waals surface area contributed by atoms with Gasteiger partial charge in [-0.25, -0.2) is 0 Å². The van der Waals surface area contributed by atoms with E-state index in [1.165, 1.54) is 33.6 Å². The highest BCUT2D eigenvalue weighted by Gasteiger charge is 2.22. The van der Waals surface area contributed by atoms with Gasteiger partial charge in [0.25, 0.3) is 0 Å². The van der Waals surface area contributed by atoms with E-state index in [1.807, 2.05) is 0 Å². The fraction of sp³-hybridized carbons (Fsp3) is 0.571. The molecule has 0 amide bonds. The summed E-state index contributed by atoms with van der Waals surface area (Å²) in [5.74, 6) is 0.994. The van der Waals surface area contributed by atoms with Gasteiger partial charge in [-0.3, -0.25) is 0 Å². The lowest BCUT2D eigenvalue weighted by atomic mass is 9.82. The van der Waals surface area contributed by atoms with Crippen molar-refractivity contribution in [2.75, 3.05) is 23.7 Å². The number of rotatable bonds is 7. The number of anilines is 2. The standard InChI is InChI=1S/C28H44N2/c1-19(2)21-13-11-15-23(27(5,6)7)25(21)29-17-18-30-26-22(20(3)4)14-12-16-24(26)28(8,9)10/h11-16,19-20,29-30H,17-18H2,1-10H3. The van der Waals surface area contributed by atoms with Gasteiger partial charge < -0.3 is 10.6 Å². The summed E-state index contributed by atoms with van der Waals surface area (Å²) < 4.78 is 0. The Morgan fingerprint density at radius 2 is 0.933 bits per heavy atom. The van der Waals surface area contributed by atoms with Crippen molar-refractivity contribution < 1.29 is 0 Å². The Kier molecular flexibility index (Phi) is 7.66. The van der Waals surface area contributed by atoms with Gasteiger partial charge in [-0.2, -0.15) is 0 Å². The Morgan fingerprint density at radius 1 is 0.600 bits per heavy atom. The van der Waals surface area contributed by atoms with E-state index in [1.54, 1.807) is 0 Å². The molecule has 2 heteroatoms. The average Bonchev–Trinajstić information content (AvgIpc) is 2.63. The highest BCUT2D eigenvalue weighted by atomic mass is 15.0. The van der Waals surface area contributed by atoms with Crippen LogP contribution in [0, 0.1) is 0 Å². The van der Waals surface area contributed by atoms with Crippen LogP contribution in [0.15, 0.2) is 36.4 Å². The third-order valence-corrected chi connectivity index (χ3v) is 5.78. The van der Waals surface area contributed by atoms with E-state index < -0.39 is 0 Å². The molecule has 0 saturated carbocycles. The third-order valence-electron chi connectivity index (χ3n) is 5.78. The van der Waals surface area contributed by atoms with E-state index in [9.17, 15) is 0 Å². The van der Waals surface area contributed by atoms with Crippen LogP contribution in [0.2, 0.25) is 0 Å². The summed E-state index contributed by atoms with van der Waals surface area (Å²) in [6.45, 7) is 24.7. The largest absolute Gasteiger partial charge is 0.383 e. The first kappa shape index (κ1) is 24.3. The van der Waals surface area contributed by atoms with Crippen molar-refractivity contribution in [1.82, 2.24) is 0 Å². The summed E-state index contributed by atoms with van der Waals surface area (Å²) in [4.78, 5) is 0. The second kappa shape index (κ2) is 9.45. The maximum atomic E-state index is 3.78. The summed E-state index contributed by atoms with van der Waals surface area (Å²) in [6.07, 6.45) is 0. The van der Waals surface area contributed by atoms with E-state index in [4.69, 9.17) is 0 Å². The highest BCUT2D eigenvalue weighted by Crippen LogP contribution is 2.36. The number of nitrogens with one attached hydrogen (secondary N) is 2. The van der Waals surface area contributed by atoms with Crippen LogP contribution in [0.4, 0.5) is 11.4 Å². The van der Waals surface area contributed by atoms with E-state index >= 15 is 0 Å². The monoisotopic (exact) mass is 408 g/mol. The molecule has 0 fully saturated rings. The maximum Gasteiger partial charge on any atom is 0.0413 e. The Morgan fingerprint density at radius 3 is 1.20 bits per heavy atom. The molecule has 0 unspecified atom stereocenters. The average molecular weight is 409 g/mol. The molecule has 0 heterocycles. The van der Waals surface area contributed by atoms with Crippen molar-refractivity contribution >= 4 is 11.4 Å². The molecule has 2 aromatic rings. The Hall–Kier alpha value is -1.96. The van der Waals surface area contributed by atoms with E-state index in [2.05, 4.69) is 116 Å². The quantitative estimate of drug-likeness (QED) is 0.453. The molecule has 2 rings (SSSR count). The van der Waals surface area contributed by atoms with Gasteiger partial charge in [-0.05, 0) is 44.9 Å². The predicted molar refractivity (Wildman–Crippen MR) is 135 cm³/mol. The van der Waals surface area contributed by atoms with Gasteiger partial charge in [0.05, 0.1) is 0 Å². The van der Waals surface area contributed by atoms with Crippen molar-refractivity contribution in [3.63, 3.8) is 0 Å². The second-order valence-corrected chi connectivity index (χ2v) is 11.2. The summed E-state index contributed by atoms with van der Waals surface area (Å²) in [5.41, 5.74) is 8.46. The second-order valence-electron chi connectivity index (χ2n) is 11.2. The van der Waals surface area contributed by atoms with Crippen LogP contribution in [0.3, 0.4) is 0 Å². The summed E-state index contributed by atoms with van der Waals surface area (Å²) in [6, 6.07) is 13.5. The SMILES string of the molecule is CC(C)c1cccc(C(C)(C)C)c1NCCNc1c(C(C)C)cccc1C(C)(C)C. The van der Waals surface area contributed by atoms with E-state index in [-0.39, 0.29) is 10.8 Å². The van der Waals surface area contributed by atoms with E-state index in [0.717, 1.165) is 13.1 Å². The zero-order valence-electron chi connectivity index (χ0n) is 21.0. The molecule has 0 aliphatic carbocycles. The van der Waals surface area contributed by atoms with Crippen molar-refractivity contribution in [3.05, 3.63) is 58.7 Å². The predicted octanol–water partition coefficient (Wildman–Crippen LogP) is 8.05. The Labute approximate surface area is 185 Å². The van der Waals surface area contributed by atoms with Gasteiger partial charge in [0, 0.05) is 24.5 Å². The summed E-state index contributed by atoms with van der Waals surface area (Å²) in [7, 11) is 0. The Balaban J connectivity index is 2.24. The minimum atomic E-state index is 0.115. The van der Waals surface area contributed by atoms with Crippen LogP contribution in [-0.4, -0.2) is 13.1 Å². The molecule has 0 saturated heterocycles. The lowest BCUT2D eigenvalue weighted by Gasteiger charge is -2.28. The highest BCUT2D eigenvalue weighted by molar-refractivity contribution is 5.63. The van der Waals surface area contributed by atoms with Crippen LogP contribution in [0.5, 0.6) is 0 Å². The third kappa shape index (κ3) is 5.80. The first-order valence-electron chi connectivity index (χ1n) is 11.6. The van der Waals surface area contributed by atoms with Crippen molar-refractivity contribution in [1.29, 1.82) is 0 Å². The Bertz CT molecular complexity index is 761. The van der Waals surface area contributed by atoms with Gasteiger partial charge in [0.2, 0.25) is 0 Å². The summed E-state index contributed by atoms with van der Waals surface area (Å²) >= 11 is 0. The molecule has 2 N–H and O–H groups in total. The topological polar surface area (TPSA) is 24.1 Å². The smallest absolute Gasteiger partial charge is 0.0413 e. The minimum Gasteiger partial charge on any atom is -0.383 e. The molecule has 166 valence electrons. The van der Waals surface area contributed by atoms with E-state index in [0.29, 0.717) is 11.8 Å². The molecule has 0 aliphatic heterocycles. The van der Waals surface area contributed by atoms with Crippen LogP contribution < -0.4 is 10.6 Å². The molecule has 30 heavy (non-hydrogen) atoms. The van der Waals surface area contributed by atoms with Gasteiger partial charge in [-0.1, -0.05) is 106 Å². The van der Waals surface area contributed by atoms with Gasteiger partial charge in [-0.15, -0.1) is 0 Å².